The summed E-state index contributed by atoms with van der Waals surface area (Å²) in [5.41, 5.74) is 3.24. The van der Waals surface area contributed by atoms with Crippen LogP contribution in [0.15, 0.2) is 29.2 Å². The molecule has 1 aliphatic rings. The van der Waals surface area contributed by atoms with Gasteiger partial charge in [0.25, 0.3) is 0 Å². The Kier molecular flexibility index (Phi) is 16.5. The number of fused-ring (bicyclic) bond motifs is 1. The lowest BCUT2D eigenvalue weighted by Gasteiger charge is -2.28. The van der Waals surface area contributed by atoms with Crippen molar-refractivity contribution in [3.63, 3.8) is 0 Å². The third-order valence-electron chi connectivity index (χ3n) is 4.20. The van der Waals surface area contributed by atoms with Crippen molar-refractivity contribution in [1.82, 2.24) is 4.98 Å². The first-order valence-electron chi connectivity index (χ1n) is 12.6. The Hall–Kier alpha value is -1.37. The molecule has 198 valence electrons. The van der Waals surface area contributed by atoms with Gasteiger partial charge in [-0.05, 0) is 72.6 Å². The van der Waals surface area contributed by atoms with Crippen molar-refractivity contribution in [3.8, 4) is 0 Å². The normalized spacial score (nSPS) is 11.8. The van der Waals surface area contributed by atoms with Crippen LogP contribution in [0.1, 0.15) is 105 Å². The summed E-state index contributed by atoms with van der Waals surface area (Å²) in [7, 11) is 0. The van der Waals surface area contributed by atoms with Crippen molar-refractivity contribution in [3.05, 3.63) is 50.4 Å². The van der Waals surface area contributed by atoms with Crippen molar-refractivity contribution in [2.24, 2.45) is 0 Å². The van der Waals surface area contributed by atoms with Gasteiger partial charge in [0.05, 0.1) is 17.9 Å². The third-order valence-corrected chi connectivity index (χ3v) is 6.19. The van der Waals surface area contributed by atoms with Crippen molar-refractivity contribution in [2.45, 2.75) is 107 Å². The fourth-order valence-electron chi connectivity index (χ4n) is 2.99. The van der Waals surface area contributed by atoms with E-state index in [-0.39, 0.29) is 6.09 Å². The molecule has 0 atom stereocenters. The van der Waals surface area contributed by atoms with Gasteiger partial charge in [-0.15, -0.1) is 11.3 Å². The Balaban J connectivity index is 0.00000129. The number of hydrogen-bond donors (Lipinski definition) is 0. The van der Waals surface area contributed by atoms with Crippen molar-refractivity contribution in [2.75, 3.05) is 4.90 Å². The number of nitrogens with zero attached hydrogens (tertiary/aromatic N) is 2. The Morgan fingerprint density at radius 2 is 1.74 bits per heavy atom. The zero-order valence-electron chi connectivity index (χ0n) is 23.2. The lowest BCUT2D eigenvalue weighted by Crippen LogP contribution is -2.37. The molecule has 4 nitrogen and oxygen atoms in total. The monoisotopic (exact) mass is 586 g/mol. The van der Waals surface area contributed by atoms with Crippen molar-refractivity contribution < 1.29 is 9.53 Å². The van der Waals surface area contributed by atoms with Gasteiger partial charge in [0.1, 0.15) is 10.8 Å². The molecule has 0 aromatic carbocycles. The van der Waals surface area contributed by atoms with E-state index in [1.54, 1.807) is 22.3 Å². The first-order valence-corrected chi connectivity index (χ1v) is 14.7. The summed E-state index contributed by atoms with van der Waals surface area (Å²) in [6.45, 7) is 20.6. The number of halogens is 2. The first-order chi connectivity index (χ1) is 16.5. The van der Waals surface area contributed by atoms with Gasteiger partial charge in [-0.3, -0.25) is 4.90 Å². The van der Waals surface area contributed by atoms with Crippen LogP contribution in [0.4, 0.5) is 10.5 Å². The second kappa shape index (κ2) is 17.1. The molecule has 35 heavy (non-hydrogen) atoms. The molecular weight excluding hydrogens is 544 g/mol. The molecule has 3 rings (SSSR count). The summed E-state index contributed by atoms with van der Waals surface area (Å²) in [5, 5.41) is 2.36. The number of thiophene rings is 1. The molecule has 7 heteroatoms. The minimum atomic E-state index is -0.585. The van der Waals surface area contributed by atoms with Crippen LogP contribution in [0.5, 0.6) is 0 Å². The maximum atomic E-state index is 13.0. The molecule has 0 fully saturated rings. The van der Waals surface area contributed by atoms with Crippen molar-refractivity contribution in [1.29, 1.82) is 0 Å². The zero-order chi connectivity index (χ0) is 27.2. The smallest absolute Gasteiger partial charge is 0.415 e. The van der Waals surface area contributed by atoms with E-state index >= 15 is 0 Å². The molecular formula is C28H44BrClN2O2S. The number of rotatable bonds is 4. The predicted octanol–water partition coefficient (Wildman–Crippen LogP) is 10.7. The summed E-state index contributed by atoms with van der Waals surface area (Å²) in [5.74, 6) is 0. The minimum absolute atomic E-state index is 0.359. The second-order valence-electron chi connectivity index (χ2n) is 8.80. The van der Waals surface area contributed by atoms with Crippen LogP contribution in [0.3, 0.4) is 0 Å². The Morgan fingerprint density at radius 1 is 1.17 bits per heavy atom. The summed E-state index contributed by atoms with van der Waals surface area (Å²) in [4.78, 5) is 20.3. The van der Waals surface area contributed by atoms with E-state index in [4.69, 9.17) is 16.3 Å². The molecule has 2 heterocycles. The van der Waals surface area contributed by atoms with Gasteiger partial charge < -0.3 is 4.74 Å². The summed E-state index contributed by atoms with van der Waals surface area (Å²) < 4.78 is 6.66. The number of carbonyl (C=O) groups excluding carboxylic acids is 1. The van der Waals surface area contributed by atoms with E-state index in [1.807, 2.05) is 52.1 Å². The minimum Gasteiger partial charge on any atom is -0.443 e. The summed E-state index contributed by atoms with van der Waals surface area (Å²) >= 11 is 11.6. The molecule has 0 N–H and O–H groups in total. The lowest BCUT2D eigenvalue weighted by atomic mass is 10.1. The van der Waals surface area contributed by atoms with Crippen LogP contribution in [-0.2, 0) is 17.7 Å². The molecule has 0 saturated heterocycles. The molecule has 2 aromatic rings. The maximum absolute atomic E-state index is 13.0. The number of ether oxygens (including phenoxy) is 1. The topological polar surface area (TPSA) is 42.4 Å². The van der Waals surface area contributed by atoms with Gasteiger partial charge in [-0.2, -0.15) is 0 Å². The van der Waals surface area contributed by atoms with Gasteiger partial charge in [0.15, 0.2) is 0 Å². The van der Waals surface area contributed by atoms with E-state index < -0.39 is 5.60 Å². The molecule has 0 aliphatic heterocycles. The Morgan fingerprint density at radius 3 is 2.20 bits per heavy atom. The summed E-state index contributed by atoms with van der Waals surface area (Å²) in [6.07, 6.45) is 3.77. The van der Waals surface area contributed by atoms with Gasteiger partial charge in [-0.1, -0.05) is 79.0 Å². The standard InChI is InChI=1S/C20H22BrClN2O2S.2C3H8.C2H6/c1-5-12-9-14-15(10-16(22)23-18(14)17(12)21)24(11-13-7-6-8-27-13)19(25)26-20(2,3)4;2*1-3-2;1-2/h6-8,10H,5,9,11H2,1-4H3;2*3H2,1-2H3;1-2H3. The molecule has 0 bridgehead atoms. The first kappa shape index (κ1) is 33.6. The molecule has 0 spiro atoms. The number of aromatic nitrogens is 1. The molecule has 0 radical (unpaired) electrons. The zero-order valence-corrected chi connectivity index (χ0v) is 26.4. The lowest BCUT2D eigenvalue weighted by molar-refractivity contribution is 0.0577. The fraction of sp³-hybridized carbons (Fsp3) is 0.571. The maximum Gasteiger partial charge on any atom is 0.415 e. The van der Waals surface area contributed by atoms with Crippen LogP contribution < -0.4 is 4.90 Å². The van der Waals surface area contributed by atoms with E-state index in [9.17, 15) is 4.79 Å². The fourth-order valence-corrected chi connectivity index (χ4v) is 4.62. The summed E-state index contributed by atoms with van der Waals surface area (Å²) in [6, 6.07) is 5.75. The SMILES string of the molecule is CC.CCC.CCC.CCC1=C(Br)c2nc(Cl)cc(N(Cc3cccs3)C(=O)OC(C)(C)C)c2C1. The molecule has 1 amide bonds. The quantitative estimate of drug-likeness (QED) is 0.334. The van der Waals surface area contributed by atoms with Crippen LogP contribution in [-0.4, -0.2) is 16.7 Å². The van der Waals surface area contributed by atoms with Crippen LogP contribution >= 0.6 is 38.9 Å². The Bertz CT molecular complexity index is 920. The second-order valence-corrected chi connectivity index (χ2v) is 11.0. The van der Waals surface area contributed by atoms with Gasteiger partial charge >= 0.3 is 6.09 Å². The largest absolute Gasteiger partial charge is 0.443 e. The number of amides is 1. The van der Waals surface area contributed by atoms with Gasteiger partial charge in [-0.25, -0.2) is 9.78 Å². The number of carbonyl (C=O) groups is 1. The van der Waals surface area contributed by atoms with E-state index in [0.29, 0.717) is 11.7 Å². The van der Waals surface area contributed by atoms with Crippen LogP contribution in [0, 0.1) is 0 Å². The van der Waals surface area contributed by atoms with Gasteiger partial charge in [0, 0.05) is 14.9 Å². The predicted molar refractivity (Wildman–Crippen MR) is 159 cm³/mol. The number of hydrogen-bond acceptors (Lipinski definition) is 4. The highest BCUT2D eigenvalue weighted by atomic mass is 79.9. The Labute approximate surface area is 231 Å². The average Bonchev–Trinajstić information content (AvgIpc) is 3.41. The highest BCUT2D eigenvalue weighted by Crippen LogP contribution is 2.43. The highest BCUT2D eigenvalue weighted by Gasteiger charge is 2.31. The van der Waals surface area contributed by atoms with E-state index in [0.717, 1.165) is 39.1 Å². The van der Waals surface area contributed by atoms with E-state index in [1.165, 1.54) is 18.4 Å². The molecule has 0 saturated carbocycles. The van der Waals surface area contributed by atoms with Crippen molar-refractivity contribution >= 4 is 55.1 Å². The van der Waals surface area contributed by atoms with Crippen LogP contribution in [0.2, 0.25) is 5.15 Å². The van der Waals surface area contributed by atoms with Crippen LogP contribution in [0.25, 0.3) is 4.48 Å². The number of pyridine rings is 1. The molecule has 0 unspecified atom stereocenters. The number of allylic oxidation sites excluding steroid dienone is 1. The highest BCUT2D eigenvalue weighted by molar-refractivity contribution is 9.15. The molecule has 1 aliphatic carbocycles. The van der Waals surface area contributed by atoms with Gasteiger partial charge in [0.2, 0.25) is 0 Å². The average molecular weight is 588 g/mol. The third kappa shape index (κ3) is 11.1. The van der Waals surface area contributed by atoms with E-state index in [2.05, 4.69) is 55.5 Å². The molecule has 2 aromatic heterocycles. The number of anilines is 1.